The number of fused-ring (bicyclic) bond motifs is 1. The number of benzene rings is 2. The lowest BCUT2D eigenvalue weighted by atomic mass is 10.0. The summed E-state index contributed by atoms with van der Waals surface area (Å²) in [6, 6.07) is 19.8. The van der Waals surface area contributed by atoms with Gasteiger partial charge in [-0.15, -0.1) is 11.3 Å². The van der Waals surface area contributed by atoms with Crippen molar-refractivity contribution in [3.8, 4) is 16.2 Å². The van der Waals surface area contributed by atoms with E-state index in [1.165, 1.54) is 11.3 Å². The second kappa shape index (κ2) is 8.07. The SMILES string of the molecule is COc1cc(-c2ccccc2)sc1C(=O)N1CCC(n2c(=O)[nH]c3ccccc32)CC1. The van der Waals surface area contributed by atoms with Crippen LogP contribution < -0.4 is 10.4 Å². The summed E-state index contributed by atoms with van der Waals surface area (Å²) in [6.45, 7) is 1.22. The van der Waals surface area contributed by atoms with Gasteiger partial charge in [-0.2, -0.15) is 0 Å². The lowest BCUT2D eigenvalue weighted by Gasteiger charge is -2.32. The second-order valence-electron chi connectivity index (χ2n) is 7.71. The van der Waals surface area contributed by atoms with Crippen LogP contribution in [0, 0.1) is 0 Å². The van der Waals surface area contributed by atoms with Crippen LogP contribution in [-0.2, 0) is 0 Å². The Morgan fingerprint density at radius 2 is 1.77 bits per heavy atom. The maximum absolute atomic E-state index is 13.3. The van der Waals surface area contributed by atoms with E-state index in [9.17, 15) is 9.59 Å². The van der Waals surface area contributed by atoms with Crippen molar-refractivity contribution in [2.24, 2.45) is 0 Å². The molecule has 0 unspecified atom stereocenters. The Hall–Kier alpha value is -3.32. The zero-order valence-electron chi connectivity index (χ0n) is 17.2. The first-order valence-electron chi connectivity index (χ1n) is 10.4. The van der Waals surface area contributed by atoms with E-state index < -0.39 is 0 Å². The first-order valence-corrected chi connectivity index (χ1v) is 11.2. The van der Waals surface area contributed by atoms with Gasteiger partial charge < -0.3 is 14.6 Å². The van der Waals surface area contributed by atoms with Crippen LogP contribution in [0.4, 0.5) is 0 Å². The van der Waals surface area contributed by atoms with Gasteiger partial charge >= 0.3 is 5.69 Å². The standard InChI is InChI=1S/C24H23N3O3S/c1-30-20-15-21(16-7-3-2-4-8-16)31-22(20)23(28)26-13-11-17(12-14-26)27-19-10-6-5-9-18(19)25-24(27)29/h2-10,15,17H,11-14H2,1H3,(H,25,29). The number of imidazole rings is 1. The third-order valence-corrected chi connectivity index (χ3v) is 7.06. The molecule has 31 heavy (non-hydrogen) atoms. The Balaban J connectivity index is 1.35. The fraction of sp³-hybridized carbons (Fsp3) is 0.250. The molecule has 0 bridgehead atoms. The molecule has 2 aromatic heterocycles. The van der Waals surface area contributed by atoms with E-state index in [4.69, 9.17) is 4.74 Å². The fourth-order valence-electron chi connectivity index (χ4n) is 4.33. The van der Waals surface area contributed by atoms with Gasteiger partial charge in [-0.1, -0.05) is 42.5 Å². The Kier molecular flexibility index (Phi) is 5.11. The molecule has 4 aromatic rings. The molecule has 0 saturated carbocycles. The zero-order chi connectivity index (χ0) is 21.4. The van der Waals surface area contributed by atoms with Crippen molar-refractivity contribution in [1.82, 2.24) is 14.5 Å². The highest BCUT2D eigenvalue weighted by atomic mass is 32.1. The van der Waals surface area contributed by atoms with Crippen LogP contribution in [0.2, 0.25) is 0 Å². The van der Waals surface area contributed by atoms with Crippen LogP contribution in [0.5, 0.6) is 5.75 Å². The number of likely N-dealkylation sites (tertiary alicyclic amines) is 1. The van der Waals surface area contributed by atoms with E-state index in [0.717, 1.165) is 34.3 Å². The number of nitrogens with one attached hydrogen (secondary N) is 1. The highest BCUT2D eigenvalue weighted by Crippen LogP contribution is 2.37. The first kappa shape index (κ1) is 19.6. The molecule has 1 saturated heterocycles. The van der Waals surface area contributed by atoms with Gasteiger partial charge in [-0.25, -0.2) is 4.79 Å². The molecule has 6 nitrogen and oxygen atoms in total. The molecule has 7 heteroatoms. The maximum atomic E-state index is 13.3. The minimum absolute atomic E-state index is 0.00578. The predicted octanol–water partition coefficient (Wildman–Crippen LogP) is 4.54. The van der Waals surface area contributed by atoms with E-state index in [2.05, 4.69) is 4.98 Å². The number of piperidine rings is 1. The molecule has 1 N–H and O–H groups in total. The number of hydrogen-bond donors (Lipinski definition) is 1. The van der Waals surface area contributed by atoms with Crippen molar-refractivity contribution >= 4 is 28.3 Å². The summed E-state index contributed by atoms with van der Waals surface area (Å²) in [4.78, 5) is 32.2. The van der Waals surface area contributed by atoms with Gasteiger partial charge in [0.25, 0.3) is 5.91 Å². The van der Waals surface area contributed by atoms with E-state index in [1.54, 1.807) is 7.11 Å². The highest BCUT2D eigenvalue weighted by Gasteiger charge is 2.29. The van der Waals surface area contributed by atoms with Gasteiger partial charge in [-0.05, 0) is 36.6 Å². The molecule has 5 rings (SSSR count). The van der Waals surface area contributed by atoms with Crippen molar-refractivity contribution in [2.75, 3.05) is 20.2 Å². The molecule has 3 heterocycles. The van der Waals surface area contributed by atoms with Crippen LogP contribution in [0.3, 0.4) is 0 Å². The van der Waals surface area contributed by atoms with Gasteiger partial charge in [-0.3, -0.25) is 9.36 Å². The lowest BCUT2D eigenvalue weighted by Crippen LogP contribution is -2.40. The number of nitrogens with zero attached hydrogens (tertiary/aromatic N) is 2. The smallest absolute Gasteiger partial charge is 0.326 e. The third kappa shape index (κ3) is 3.55. The van der Waals surface area contributed by atoms with Crippen LogP contribution in [-0.4, -0.2) is 40.6 Å². The number of carbonyl (C=O) groups excluding carboxylic acids is 1. The van der Waals surface area contributed by atoms with Crippen molar-refractivity contribution in [2.45, 2.75) is 18.9 Å². The summed E-state index contributed by atoms with van der Waals surface area (Å²) in [7, 11) is 1.60. The van der Waals surface area contributed by atoms with Crippen LogP contribution in [0.1, 0.15) is 28.6 Å². The number of methoxy groups -OCH3 is 1. The Morgan fingerprint density at radius 3 is 2.52 bits per heavy atom. The van der Waals surface area contributed by atoms with Gasteiger partial charge in [0.05, 0.1) is 18.1 Å². The molecule has 158 valence electrons. The predicted molar refractivity (Wildman–Crippen MR) is 123 cm³/mol. The number of H-pyrrole nitrogens is 1. The normalized spacial score (nSPS) is 14.8. The fourth-order valence-corrected chi connectivity index (χ4v) is 5.43. The average Bonchev–Trinajstić information content (AvgIpc) is 3.40. The summed E-state index contributed by atoms with van der Waals surface area (Å²) in [5.74, 6) is 0.609. The largest absolute Gasteiger partial charge is 0.495 e. The Bertz CT molecular complexity index is 1280. The topological polar surface area (TPSA) is 67.3 Å². The van der Waals surface area contributed by atoms with Crippen LogP contribution in [0.25, 0.3) is 21.5 Å². The second-order valence-corrected chi connectivity index (χ2v) is 8.77. The number of amides is 1. The summed E-state index contributed by atoms with van der Waals surface area (Å²) in [6.07, 6.45) is 1.49. The molecular weight excluding hydrogens is 410 g/mol. The van der Waals surface area contributed by atoms with Crippen molar-refractivity contribution < 1.29 is 9.53 Å². The maximum Gasteiger partial charge on any atom is 0.326 e. The van der Waals surface area contributed by atoms with Crippen LogP contribution >= 0.6 is 11.3 Å². The quantitative estimate of drug-likeness (QED) is 0.514. The molecule has 1 aliphatic heterocycles. The number of aromatic nitrogens is 2. The Labute approximate surface area is 183 Å². The molecular formula is C24H23N3O3S. The molecule has 0 atom stereocenters. The number of thiophene rings is 1. The number of ether oxygens (including phenoxy) is 1. The molecule has 1 amide bonds. The van der Waals surface area contributed by atoms with Crippen LogP contribution in [0.15, 0.2) is 65.5 Å². The van der Waals surface area contributed by atoms with E-state index in [-0.39, 0.29) is 17.6 Å². The molecule has 0 spiro atoms. The summed E-state index contributed by atoms with van der Waals surface area (Å²) >= 11 is 1.47. The third-order valence-electron chi connectivity index (χ3n) is 5.91. The van der Waals surface area contributed by atoms with Gasteiger partial charge in [0.15, 0.2) is 0 Å². The first-order chi connectivity index (χ1) is 15.2. The summed E-state index contributed by atoms with van der Waals surface area (Å²) in [5.41, 5.74) is 2.76. The number of rotatable bonds is 4. The minimum atomic E-state index is -0.0848. The number of hydrogen-bond acceptors (Lipinski definition) is 4. The number of para-hydroxylation sites is 2. The molecule has 0 radical (unpaired) electrons. The molecule has 1 fully saturated rings. The van der Waals surface area contributed by atoms with Gasteiger partial charge in [0.2, 0.25) is 0 Å². The lowest BCUT2D eigenvalue weighted by molar-refractivity contribution is 0.0697. The summed E-state index contributed by atoms with van der Waals surface area (Å²) < 4.78 is 7.36. The van der Waals surface area contributed by atoms with E-state index in [1.807, 2.05) is 70.1 Å². The summed E-state index contributed by atoms with van der Waals surface area (Å²) in [5, 5.41) is 0. The average molecular weight is 434 g/mol. The van der Waals surface area contributed by atoms with E-state index in [0.29, 0.717) is 23.7 Å². The van der Waals surface area contributed by atoms with Crippen molar-refractivity contribution in [1.29, 1.82) is 0 Å². The van der Waals surface area contributed by atoms with Crippen molar-refractivity contribution in [3.05, 3.63) is 76.0 Å². The van der Waals surface area contributed by atoms with Crippen molar-refractivity contribution in [3.63, 3.8) is 0 Å². The molecule has 1 aliphatic rings. The van der Waals surface area contributed by atoms with E-state index >= 15 is 0 Å². The number of aromatic amines is 1. The molecule has 2 aromatic carbocycles. The monoisotopic (exact) mass is 433 g/mol. The zero-order valence-corrected chi connectivity index (χ0v) is 18.0. The van der Waals surface area contributed by atoms with Gasteiger partial charge in [0.1, 0.15) is 10.6 Å². The number of carbonyl (C=O) groups is 1. The highest BCUT2D eigenvalue weighted by molar-refractivity contribution is 7.17. The van der Waals surface area contributed by atoms with Gasteiger partial charge in [0, 0.05) is 24.0 Å². The molecule has 0 aliphatic carbocycles. The Morgan fingerprint density at radius 1 is 1.06 bits per heavy atom. The minimum Gasteiger partial charge on any atom is -0.495 e.